The lowest BCUT2D eigenvalue weighted by Gasteiger charge is -2.06. The smallest absolute Gasteiger partial charge is 0.368 e. The van der Waals surface area contributed by atoms with E-state index in [0.29, 0.717) is 21.1 Å². The third-order valence-electron chi connectivity index (χ3n) is 3.23. The number of nitrogens with zero attached hydrogens (tertiary/aromatic N) is 3. The minimum atomic E-state index is -4.40. The molecular weight excluding hydrogens is 344 g/mol. The van der Waals surface area contributed by atoms with E-state index < -0.39 is 17.6 Å². The van der Waals surface area contributed by atoms with Gasteiger partial charge in [-0.3, -0.25) is 0 Å². The van der Waals surface area contributed by atoms with Crippen LogP contribution in [0.3, 0.4) is 0 Å². The predicted octanol–water partition coefficient (Wildman–Crippen LogP) is 4.32. The number of hydrogen-bond acceptors (Lipinski definition) is 5. The zero-order chi connectivity index (χ0) is 17.5. The Morgan fingerprint density at radius 1 is 1.08 bits per heavy atom. The van der Waals surface area contributed by atoms with Crippen LogP contribution in [-0.2, 0) is 6.18 Å². The SMILES string of the molecule is Cc1nc(-c2ccc(C(F)(F)F)cc2)sc1-c1nc(N)ncc1F. The van der Waals surface area contributed by atoms with Gasteiger partial charge in [-0.05, 0) is 19.1 Å². The van der Waals surface area contributed by atoms with E-state index in [-0.39, 0.29) is 11.6 Å². The first-order valence-corrected chi connectivity index (χ1v) is 7.51. The number of nitrogen functional groups attached to an aromatic ring is 1. The molecule has 3 aromatic rings. The third-order valence-corrected chi connectivity index (χ3v) is 4.45. The number of halogens is 4. The van der Waals surface area contributed by atoms with Crippen molar-refractivity contribution in [3.8, 4) is 21.1 Å². The van der Waals surface area contributed by atoms with E-state index in [4.69, 9.17) is 5.73 Å². The monoisotopic (exact) mass is 354 g/mol. The quantitative estimate of drug-likeness (QED) is 0.696. The van der Waals surface area contributed by atoms with Crippen LogP contribution in [0.5, 0.6) is 0 Å². The Morgan fingerprint density at radius 3 is 2.38 bits per heavy atom. The number of thiazole rings is 1. The van der Waals surface area contributed by atoms with Gasteiger partial charge in [0.05, 0.1) is 22.3 Å². The standard InChI is InChI=1S/C15H10F4N4S/c1-7-12(11-10(16)6-21-14(20)23-11)24-13(22-7)8-2-4-9(5-3-8)15(17,18)19/h2-6H,1H3,(H2,20,21,23). The molecule has 0 atom stereocenters. The highest BCUT2D eigenvalue weighted by Gasteiger charge is 2.30. The van der Waals surface area contributed by atoms with Crippen molar-refractivity contribution in [3.63, 3.8) is 0 Å². The maximum atomic E-state index is 13.9. The molecule has 0 aliphatic heterocycles. The van der Waals surface area contributed by atoms with Gasteiger partial charge in [0.2, 0.25) is 5.95 Å². The number of aromatic nitrogens is 3. The number of anilines is 1. The fourth-order valence-electron chi connectivity index (χ4n) is 2.08. The van der Waals surface area contributed by atoms with E-state index in [1.54, 1.807) is 6.92 Å². The van der Waals surface area contributed by atoms with Gasteiger partial charge >= 0.3 is 6.18 Å². The molecule has 2 heterocycles. The molecule has 0 bridgehead atoms. The Bertz CT molecular complexity index is 887. The average Bonchev–Trinajstić information content (AvgIpc) is 2.91. The van der Waals surface area contributed by atoms with Gasteiger partial charge in [-0.2, -0.15) is 13.2 Å². The van der Waals surface area contributed by atoms with E-state index in [1.165, 1.54) is 12.1 Å². The van der Waals surface area contributed by atoms with Gasteiger partial charge in [0.15, 0.2) is 5.82 Å². The van der Waals surface area contributed by atoms with Crippen molar-refractivity contribution in [2.24, 2.45) is 0 Å². The number of benzene rings is 1. The normalized spacial score (nSPS) is 11.7. The summed E-state index contributed by atoms with van der Waals surface area (Å²) in [5.74, 6) is -0.717. The van der Waals surface area contributed by atoms with E-state index in [0.717, 1.165) is 29.7 Å². The molecule has 124 valence electrons. The molecule has 0 aliphatic carbocycles. The molecule has 0 fully saturated rings. The molecule has 4 nitrogen and oxygen atoms in total. The van der Waals surface area contributed by atoms with Gasteiger partial charge in [0.1, 0.15) is 10.7 Å². The van der Waals surface area contributed by atoms with Crippen LogP contribution in [0.2, 0.25) is 0 Å². The molecular formula is C15H10F4N4S. The molecule has 0 unspecified atom stereocenters. The maximum absolute atomic E-state index is 13.9. The van der Waals surface area contributed by atoms with Crippen LogP contribution in [0.15, 0.2) is 30.5 Å². The summed E-state index contributed by atoms with van der Waals surface area (Å²) in [6, 6.07) is 4.62. The molecule has 0 radical (unpaired) electrons. The minimum Gasteiger partial charge on any atom is -0.368 e. The van der Waals surface area contributed by atoms with Crippen molar-refractivity contribution in [1.29, 1.82) is 0 Å². The average molecular weight is 354 g/mol. The van der Waals surface area contributed by atoms with Crippen molar-refractivity contribution in [3.05, 3.63) is 47.5 Å². The molecule has 0 saturated carbocycles. The second-order valence-corrected chi connectivity index (χ2v) is 5.93. The van der Waals surface area contributed by atoms with Gasteiger partial charge in [-0.15, -0.1) is 11.3 Å². The second-order valence-electron chi connectivity index (χ2n) is 4.93. The summed E-state index contributed by atoms with van der Waals surface area (Å²) in [7, 11) is 0. The van der Waals surface area contributed by atoms with Gasteiger partial charge in [-0.1, -0.05) is 12.1 Å². The summed E-state index contributed by atoms with van der Waals surface area (Å²) in [4.78, 5) is 12.2. The van der Waals surface area contributed by atoms with Crippen molar-refractivity contribution < 1.29 is 17.6 Å². The Hall–Kier alpha value is -2.55. The summed E-state index contributed by atoms with van der Waals surface area (Å²) >= 11 is 1.12. The van der Waals surface area contributed by atoms with Crippen LogP contribution < -0.4 is 5.73 Å². The van der Waals surface area contributed by atoms with E-state index in [2.05, 4.69) is 15.0 Å². The van der Waals surface area contributed by atoms with Gasteiger partial charge < -0.3 is 5.73 Å². The lowest BCUT2D eigenvalue weighted by atomic mass is 10.1. The summed E-state index contributed by atoms with van der Waals surface area (Å²) in [5, 5.41) is 0.466. The first-order valence-electron chi connectivity index (χ1n) is 6.69. The number of aryl methyl sites for hydroxylation is 1. The lowest BCUT2D eigenvalue weighted by molar-refractivity contribution is -0.137. The topological polar surface area (TPSA) is 64.7 Å². The van der Waals surface area contributed by atoms with Crippen LogP contribution in [0.4, 0.5) is 23.5 Å². The Morgan fingerprint density at radius 2 is 1.75 bits per heavy atom. The number of nitrogens with two attached hydrogens (primary N) is 1. The zero-order valence-corrected chi connectivity index (χ0v) is 13.0. The molecule has 3 rings (SSSR count). The molecule has 9 heteroatoms. The van der Waals surface area contributed by atoms with Crippen LogP contribution >= 0.6 is 11.3 Å². The second kappa shape index (κ2) is 5.82. The molecule has 0 amide bonds. The van der Waals surface area contributed by atoms with Crippen LogP contribution in [0.25, 0.3) is 21.1 Å². The van der Waals surface area contributed by atoms with Crippen molar-refractivity contribution in [1.82, 2.24) is 15.0 Å². The van der Waals surface area contributed by atoms with Gasteiger partial charge in [0, 0.05) is 5.56 Å². The minimum absolute atomic E-state index is 0.0238. The zero-order valence-electron chi connectivity index (χ0n) is 12.2. The number of alkyl halides is 3. The molecule has 2 aromatic heterocycles. The Labute approximate surface area is 138 Å². The summed E-state index contributed by atoms with van der Waals surface area (Å²) in [6.07, 6.45) is -3.43. The van der Waals surface area contributed by atoms with E-state index >= 15 is 0 Å². The molecule has 0 spiro atoms. The van der Waals surface area contributed by atoms with Crippen molar-refractivity contribution >= 4 is 17.3 Å². The molecule has 0 aliphatic rings. The number of hydrogen-bond donors (Lipinski definition) is 1. The molecule has 2 N–H and O–H groups in total. The molecule has 0 saturated heterocycles. The van der Waals surface area contributed by atoms with Crippen LogP contribution in [0, 0.1) is 12.7 Å². The highest BCUT2D eigenvalue weighted by molar-refractivity contribution is 7.18. The van der Waals surface area contributed by atoms with Crippen molar-refractivity contribution in [2.75, 3.05) is 5.73 Å². The fraction of sp³-hybridized carbons (Fsp3) is 0.133. The molecule has 24 heavy (non-hydrogen) atoms. The first kappa shape index (κ1) is 16.3. The lowest BCUT2D eigenvalue weighted by Crippen LogP contribution is -2.03. The Balaban J connectivity index is 2.01. The van der Waals surface area contributed by atoms with E-state index in [9.17, 15) is 17.6 Å². The highest BCUT2D eigenvalue weighted by atomic mass is 32.1. The Kier molecular flexibility index (Phi) is 3.96. The number of rotatable bonds is 2. The largest absolute Gasteiger partial charge is 0.416 e. The highest BCUT2D eigenvalue weighted by Crippen LogP contribution is 2.36. The summed E-state index contributed by atoms with van der Waals surface area (Å²) < 4.78 is 51.7. The molecule has 1 aromatic carbocycles. The summed E-state index contributed by atoms with van der Waals surface area (Å²) in [5.41, 5.74) is 5.77. The maximum Gasteiger partial charge on any atom is 0.416 e. The van der Waals surface area contributed by atoms with E-state index in [1.807, 2.05) is 0 Å². The fourth-order valence-corrected chi connectivity index (χ4v) is 3.14. The van der Waals surface area contributed by atoms with Gasteiger partial charge in [-0.25, -0.2) is 19.3 Å². The summed E-state index contributed by atoms with van der Waals surface area (Å²) in [6.45, 7) is 1.66. The van der Waals surface area contributed by atoms with Crippen molar-refractivity contribution in [2.45, 2.75) is 13.1 Å². The third kappa shape index (κ3) is 3.07. The van der Waals surface area contributed by atoms with Gasteiger partial charge in [0.25, 0.3) is 0 Å². The van der Waals surface area contributed by atoms with Crippen LogP contribution in [-0.4, -0.2) is 15.0 Å². The predicted molar refractivity (Wildman–Crippen MR) is 82.7 cm³/mol. The van der Waals surface area contributed by atoms with Crippen LogP contribution in [0.1, 0.15) is 11.3 Å². The first-order chi connectivity index (χ1) is 11.3.